The first kappa shape index (κ1) is 14.8. The summed E-state index contributed by atoms with van der Waals surface area (Å²) in [4.78, 5) is 0. The third-order valence-electron chi connectivity index (χ3n) is 5.29. The highest BCUT2D eigenvalue weighted by Crippen LogP contribution is 2.48. The van der Waals surface area contributed by atoms with Gasteiger partial charge in [0.25, 0.3) is 0 Å². The van der Waals surface area contributed by atoms with Crippen LogP contribution in [0.1, 0.15) is 51.1 Å². The summed E-state index contributed by atoms with van der Waals surface area (Å²) >= 11 is 0. The molecule has 2 nitrogen and oxygen atoms in total. The fraction of sp³-hybridized carbons (Fsp3) is 0.667. The fourth-order valence-corrected chi connectivity index (χ4v) is 4.18. The Hall–Kier alpha value is -1.09. The third kappa shape index (κ3) is 3.23. The summed E-state index contributed by atoms with van der Waals surface area (Å²) in [5.41, 5.74) is 0.931. The minimum Gasteiger partial charge on any atom is -0.493 e. The molecule has 3 heteroatoms. The van der Waals surface area contributed by atoms with Gasteiger partial charge in [-0.25, -0.2) is 4.39 Å². The molecule has 2 saturated carbocycles. The highest BCUT2D eigenvalue weighted by atomic mass is 19.1. The van der Waals surface area contributed by atoms with Crippen LogP contribution in [0, 0.1) is 23.6 Å². The van der Waals surface area contributed by atoms with Gasteiger partial charge in [0, 0.05) is 11.6 Å². The molecule has 0 aromatic heterocycles. The van der Waals surface area contributed by atoms with Gasteiger partial charge in [-0.05, 0) is 68.7 Å². The van der Waals surface area contributed by atoms with Crippen LogP contribution in [0.5, 0.6) is 5.75 Å². The minimum absolute atomic E-state index is 0.112. The Morgan fingerprint density at radius 2 is 2.19 bits per heavy atom. The quantitative estimate of drug-likeness (QED) is 0.843. The van der Waals surface area contributed by atoms with E-state index in [9.17, 15) is 4.39 Å². The first-order valence-electron chi connectivity index (χ1n) is 8.33. The average molecular weight is 291 g/mol. The van der Waals surface area contributed by atoms with Crippen LogP contribution in [0.3, 0.4) is 0 Å². The maximum absolute atomic E-state index is 13.5. The smallest absolute Gasteiger partial charge is 0.124 e. The SMILES string of the molecule is CCNC(C)c1cc(F)ccc1OCC1CC2CCC1C2. The lowest BCUT2D eigenvalue weighted by atomic mass is 9.89. The van der Waals surface area contributed by atoms with Gasteiger partial charge in [-0.3, -0.25) is 0 Å². The van der Waals surface area contributed by atoms with E-state index in [1.54, 1.807) is 12.1 Å². The van der Waals surface area contributed by atoms with Crippen LogP contribution in [0.4, 0.5) is 4.39 Å². The lowest BCUT2D eigenvalue weighted by Gasteiger charge is -2.24. The van der Waals surface area contributed by atoms with Gasteiger partial charge in [-0.15, -0.1) is 0 Å². The van der Waals surface area contributed by atoms with E-state index in [2.05, 4.69) is 19.2 Å². The van der Waals surface area contributed by atoms with E-state index in [0.29, 0.717) is 5.92 Å². The van der Waals surface area contributed by atoms with Crippen LogP contribution in [0.15, 0.2) is 18.2 Å². The lowest BCUT2D eigenvalue weighted by molar-refractivity contribution is 0.193. The van der Waals surface area contributed by atoms with Gasteiger partial charge in [0.1, 0.15) is 11.6 Å². The molecule has 0 radical (unpaired) electrons. The molecule has 2 bridgehead atoms. The molecular formula is C18H26FNO. The topological polar surface area (TPSA) is 21.3 Å². The van der Waals surface area contributed by atoms with Crippen molar-refractivity contribution >= 4 is 0 Å². The van der Waals surface area contributed by atoms with Crippen molar-refractivity contribution in [3.05, 3.63) is 29.6 Å². The molecular weight excluding hydrogens is 265 g/mol. The Labute approximate surface area is 127 Å². The molecule has 1 aromatic carbocycles. The van der Waals surface area contributed by atoms with E-state index in [-0.39, 0.29) is 11.9 Å². The molecule has 2 aliphatic rings. The van der Waals surface area contributed by atoms with Crippen molar-refractivity contribution in [2.75, 3.05) is 13.2 Å². The fourth-order valence-electron chi connectivity index (χ4n) is 4.18. The van der Waals surface area contributed by atoms with Crippen molar-refractivity contribution in [2.45, 2.75) is 45.6 Å². The predicted molar refractivity (Wildman–Crippen MR) is 82.9 cm³/mol. The Bertz CT molecular complexity index is 490. The van der Waals surface area contributed by atoms with Crippen molar-refractivity contribution in [3.8, 4) is 5.75 Å². The number of rotatable bonds is 6. The normalized spacial score (nSPS) is 28.8. The summed E-state index contributed by atoms with van der Waals surface area (Å²) in [6.07, 6.45) is 5.52. The second-order valence-corrected chi connectivity index (χ2v) is 6.71. The van der Waals surface area contributed by atoms with Crippen molar-refractivity contribution in [1.29, 1.82) is 0 Å². The predicted octanol–water partition coefficient (Wildman–Crippen LogP) is 4.31. The van der Waals surface area contributed by atoms with Gasteiger partial charge in [0.05, 0.1) is 6.61 Å². The molecule has 116 valence electrons. The number of halogens is 1. The summed E-state index contributed by atoms with van der Waals surface area (Å²) in [5, 5.41) is 3.34. The van der Waals surface area contributed by atoms with Crippen molar-refractivity contribution < 1.29 is 9.13 Å². The zero-order chi connectivity index (χ0) is 14.8. The summed E-state index contributed by atoms with van der Waals surface area (Å²) in [6.45, 7) is 5.77. The van der Waals surface area contributed by atoms with Crippen LogP contribution >= 0.6 is 0 Å². The summed E-state index contributed by atoms with van der Waals surface area (Å²) < 4.78 is 19.6. The number of hydrogen-bond donors (Lipinski definition) is 1. The van der Waals surface area contributed by atoms with Crippen molar-refractivity contribution in [3.63, 3.8) is 0 Å². The number of fused-ring (bicyclic) bond motifs is 2. The van der Waals surface area contributed by atoms with Crippen LogP contribution in [-0.4, -0.2) is 13.2 Å². The zero-order valence-electron chi connectivity index (χ0n) is 13.1. The highest BCUT2D eigenvalue weighted by molar-refractivity contribution is 5.36. The summed E-state index contributed by atoms with van der Waals surface area (Å²) in [6, 6.07) is 4.99. The number of ether oxygens (including phenoxy) is 1. The largest absolute Gasteiger partial charge is 0.493 e. The lowest BCUT2D eigenvalue weighted by Crippen LogP contribution is -2.21. The summed E-state index contributed by atoms with van der Waals surface area (Å²) in [7, 11) is 0. The van der Waals surface area contributed by atoms with Crippen LogP contribution in [-0.2, 0) is 0 Å². The number of benzene rings is 1. The third-order valence-corrected chi connectivity index (χ3v) is 5.29. The van der Waals surface area contributed by atoms with E-state index >= 15 is 0 Å². The Morgan fingerprint density at radius 3 is 2.86 bits per heavy atom. The second-order valence-electron chi connectivity index (χ2n) is 6.71. The maximum Gasteiger partial charge on any atom is 0.124 e. The molecule has 1 N–H and O–H groups in total. The van der Waals surface area contributed by atoms with Crippen LogP contribution in [0.2, 0.25) is 0 Å². The average Bonchev–Trinajstić information content (AvgIpc) is 3.08. The molecule has 0 spiro atoms. The monoisotopic (exact) mass is 291 g/mol. The van der Waals surface area contributed by atoms with Gasteiger partial charge in [-0.1, -0.05) is 13.3 Å². The van der Waals surface area contributed by atoms with Gasteiger partial charge >= 0.3 is 0 Å². The Balaban J connectivity index is 1.66. The molecule has 4 atom stereocenters. The number of hydrogen-bond acceptors (Lipinski definition) is 2. The van der Waals surface area contributed by atoms with Gasteiger partial charge in [-0.2, -0.15) is 0 Å². The van der Waals surface area contributed by atoms with Crippen LogP contribution < -0.4 is 10.1 Å². The summed E-state index contributed by atoms with van der Waals surface area (Å²) in [5.74, 6) is 3.16. The first-order valence-corrected chi connectivity index (χ1v) is 8.33. The Kier molecular flexibility index (Phi) is 4.48. The molecule has 1 aromatic rings. The molecule has 2 fully saturated rings. The van der Waals surface area contributed by atoms with Gasteiger partial charge < -0.3 is 10.1 Å². The standard InChI is InChI=1S/C18H26FNO/c1-3-20-12(2)17-10-16(19)6-7-18(17)21-11-15-9-13-4-5-14(15)8-13/h6-7,10,12-15,20H,3-5,8-9,11H2,1-2H3. The van der Waals surface area contributed by atoms with E-state index in [0.717, 1.165) is 36.3 Å². The molecule has 0 aliphatic heterocycles. The number of nitrogens with one attached hydrogen (secondary N) is 1. The second kappa shape index (κ2) is 6.35. The molecule has 0 heterocycles. The zero-order valence-corrected chi connectivity index (χ0v) is 13.1. The molecule has 0 saturated heterocycles. The van der Waals surface area contributed by atoms with E-state index in [1.807, 2.05) is 0 Å². The van der Waals surface area contributed by atoms with Crippen molar-refractivity contribution in [1.82, 2.24) is 5.32 Å². The van der Waals surface area contributed by atoms with E-state index in [4.69, 9.17) is 4.74 Å². The Morgan fingerprint density at radius 1 is 1.33 bits per heavy atom. The molecule has 21 heavy (non-hydrogen) atoms. The molecule has 3 rings (SSSR count). The molecule has 4 unspecified atom stereocenters. The first-order chi connectivity index (χ1) is 10.2. The highest BCUT2D eigenvalue weighted by Gasteiger charge is 2.39. The van der Waals surface area contributed by atoms with Gasteiger partial charge in [0.2, 0.25) is 0 Å². The molecule has 0 amide bonds. The maximum atomic E-state index is 13.5. The van der Waals surface area contributed by atoms with Gasteiger partial charge in [0.15, 0.2) is 0 Å². The molecule has 2 aliphatic carbocycles. The van der Waals surface area contributed by atoms with Crippen LogP contribution in [0.25, 0.3) is 0 Å². The van der Waals surface area contributed by atoms with E-state index < -0.39 is 0 Å². The van der Waals surface area contributed by atoms with E-state index in [1.165, 1.54) is 31.7 Å². The van der Waals surface area contributed by atoms with Crippen molar-refractivity contribution in [2.24, 2.45) is 17.8 Å². The minimum atomic E-state index is -0.193.